The topological polar surface area (TPSA) is 49.7 Å². The summed E-state index contributed by atoms with van der Waals surface area (Å²) in [5, 5.41) is 17.7. The highest BCUT2D eigenvalue weighted by Crippen LogP contribution is 2.15. The second-order valence-electron chi connectivity index (χ2n) is 3.23. The van der Waals surface area contributed by atoms with Crippen LogP contribution >= 0.6 is 0 Å². The van der Waals surface area contributed by atoms with Crippen LogP contribution in [0.5, 0.6) is 0 Å². The van der Waals surface area contributed by atoms with Crippen molar-refractivity contribution < 1.29 is 28.0 Å². The van der Waals surface area contributed by atoms with Gasteiger partial charge in [0.25, 0.3) is 0 Å². The molecule has 0 heterocycles. The Morgan fingerprint density at radius 2 is 1.94 bits per heavy atom. The fourth-order valence-corrected chi connectivity index (χ4v) is 1.13. The largest absolute Gasteiger partial charge is 0.488 e. The summed E-state index contributed by atoms with van der Waals surface area (Å²) in [4.78, 5) is 0. The molecule has 1 rings (SSSR count). The predicted octanol–water partition coefficient (Wildman–Crippen LogP) is 0.445. The van der Waals surface area contributed by atoms with Gasteiger partial charge in [-0.2, -0.15) is 13.2 Å². The first-order valence-corrected chi connectivity index (χ1v) is 4.48. The minimum atomic E-state index is -4.35. The van der Waals surface area contributed by atoms with Crippen molar-refractivity contribution in [1.29, 1.82) is 0 Å². The summed E-state index contributed by atoms with van der Waals surface area (Å²) >= 11 is 0. The number of alkyl halides is 3. The number of ether oxygens (including phenoxy) is 1. The molecule has 0 aromatic heterocycles. The molecule has 3 nitrogen and oxygen atoms in total. The molecule has 2 N–H and O–H groups in total. The Morgan fingerprint density at radius 1 is 1.25 bits per heavy atom. The van der Waals surface area contributed by atoms with Crippen LogP contribution in [0.25, 0.3) is 0 Å². The molecule has 0 aliphatic heterocycles. The van der Waals surface area contributed by atoms with E-state index in [0.717, 1.165) is 0 Å². The average Bonchev–Trinajstić information content (AvgIpc) is 2.16. The van der Waals surface area contributed by atoms with Gasteiger partial charge in [-0.1, -0.05) is 24.3 Å². The van der Waals surface area contributed by atoms with E-state index in [-0.39, 0.29) is 12.1 Å². The summed E-state index contributed by atoms with van der Waals surface area (Å²) in [6, 6.07) is 5.89. The highest BCUT2D eigenvalue weighted by Gasteiger charge is 2.27. The maximum Gasteiger partial charge on any atom is 0.488 e. The maximum absolute atomic E-state index is 11.8. The van der Waals surface area contributed by atoms with E-state index in [9.17, 15) is 13.2 Å². The van der Waals surface area contributed by atoms with E-state index < -0.39 is 19.9 Å². The van der Waals surface area contributed by atoms with Crippen molar-refractivity contribution in [2.24, 2.45) is 0 Å². The maximum atomic E-state index is 11.8. The molecule has 1 aromatic carbocycles. The number of hydrogen-bond acceptors (Lipinski definition) is 3. The van der Waals surface area contributed by atoms with Gasteiger partial charge < -0.3 is 14.8 Å². The summed E-state index contributed by atoms with van der Waals surface area (Å²) < 4.78 is 39.7. The van der Waals surface area contributed by atoms with Crippen molar-refractivity contribution in [3.05, 3.63) is 29.8 Å². The van der Waals surface area contributed by atoms with Crippen LogP contribution in [0.3, 0.4) is 0 Å². The minimum absolute atomic E-state index is 0.216. The lowest BCUT2D eigenvalue weighted by atomic mass is 9.80. The number of benzene rings is 1. The number of hydrogen-bond donors (Lipinski definition) is 2. The zero-order valence-corrected chi connectivity index (χ0v) is 8.24. The Hall–Kier alpha value is -1.05. The molecular weight excluding hydrogens is 224 g/mol. The third kappa shape index (κ3) is 4.65. The summed E-state index contributed by atoms with van der Waals surface area (Å²) in [5.74, 6) is 0. The summed E-state index contributed by atoms with van der Waals surface area (Å²) in [6.07, 6.45) is -4.35. The molecule has 88 valence electrons. The lowest BCUT2D eigenvalue weighted by Gasteiger charge is -2.08. The van der Waals surface area contributed by atoms with Crippen LogP contribution in [-0.2, 0) is 11.3 Å². The van der Waals surface area contributed by atoms with Crippen LogP contribution in [0, 0.1) is 0 Å². The van der Waals surface area contributed by atoms with E-state index in [1.54, 1.807) is 6.07 Å². The Balaban J connectivity index is 2.51. The van der Waals surface area contributed by atoms with Gasteiger partial charge in [0.2, 0.25) is 0 Å². The van der Waals surface area contributed by atoms with Gasteiger partial charge in [-0.05, 0) is 11.0 Å². The Bertz CT molecular complexity index is 341. The van der Waals surface area contributed by atoms with Crippen LogP contribution in [0.2, 0.25) is 0 Å². The Labute approximate surface area is 90.6 Å². The second-order valence-corrected chi connectivity index (χ2v) is 3.23. The third-order valence-electron chi connectivity index (χ3n) is 1.78. The fourth-order valence-electron chi connectivity index (χ4n) is 1.13. The van der Waals surface area contributed by atoms with Crippen molar-refractivity contribution >= 4 is 12.6 Å². The molecule has 0 atom stereocenters. The SMILES string of the molecule is OB(O)c1cccc(COCC(F)(F)F)c1. The third-order valence-corrected chi connectivity index (χ3v) is 1.78. The van der Waals surface area contributed by atoms with Crippen molar-refractivity contribution in [3.8, 4) is 0 Å². The highest BCUT2D eigenvalue weighted by molar-refractivity contribution is 6.58. The van der Waals surface area contributed by atoms with E-state index in [0.29, 0.717) is 5.56 Å². The minimum Gasteiger partial charge on any atom is -0.423 e. The molecule has 0 amide bonds. The molecule has 7 heteroatoms. The molecule has 0 aliphatic rings. The Kier molecular flexibility index (Phi) is 4.34. The van der Waals surface area contributed by atoms with Gasteiger partial charge in [0.15, 0.2) is 0 Å². The van der Waals surface area contributed by atoms with Crippen LogP contribution < -0.4 is 5.46 Å². The number of halogens is 3. The van der Waals surface area contributed by atoms with Crippen molar-refractivity contribution in [1.82, 2.24) is 0 Å². The Morgan fingerprint density at radius 3 is 2.50 bits per heavy atom. The molecule has 0 spiro atoms. The summed E-state index contributed by atoms with van der Waals surface area (Å²) in [7, 11) is -1.64. The molecular formula is C9H10BF3O3. The quantitative estimate of drug-likeness (QED) is 0.743. The van der Waals surface area contributed by atoms with Gasteiger partial charge in [0, 0.05) is 0 Å². The molecule has 1 aromatic rings. The van der Waals surface area contributed by atoms with Crippen molar-refractivity contribution in [2.45, 2.75) is 12.8 Å². The summed E-state index contributed by atoms with van der Waals surface area (Å²) in [6.45, 7) is -1.54. The summed E-state index contributed by atoms with van der Waals surface area (Å²) in [5.41, 5.74) is 0.669. The highest BCUT2D eigenvalue weighted by atomic mass is 19.4. The molecule has 0 fully saturated rings. The monoisotopic (exact) mass is 234 g/mol. The molecule has 0 unspecified atom stereocenters. The fraction of sp³-hybridized carbons (Fsp3) is 0.333. The predicted molar refractivity (Wildman–Crippen MR) is 52.0 cm³/mol. The molecule has 16 heavy (non-hydrogen) atoms. The molecule has 0 aliphatic carbocycles. The normalized spacial score (nSPS) is 11.6. The van der Waals surface area contributed by atoms with Gasteiger partial charge in [0.1, 0.15) is 6.61 Å². The van der Waals surface area contributed by atoms with Crippen molar-refractivity contribution in [3.63, 3.8) is 0 Å². The van der Waals surface area contributed by atoms with E-state index >= 15 is 0 Å². The zero-order valence-electron chi connectivity index (χ0n) is 8.24. The lowest BCUT2D eigenvalue weighted by molar-refractivity contribution is -0.176. The molecule has 0 saturated heterocycles. The van der Waals surface area contributed by atoms with Crippen LogP contribution in [0.4, 0.5) is 13.2 Å². The van der Waals surface area contributed by atoms with E-state index in [1.807, 2.05) is 0 Å². The van der Waals surface area contributed by atoms with Gasteiger partial charge in [0.05, 0.1) is 6.61 Å². The lowest BCUT2D eigenvalue weighted by Crippen LogP contribution is -2.30. The van der Waals surface area contributed by atoms with Crippen LogP contribution in [-0.4, -0.2) is 29.9 Å². The standard InChI is InChI=1S/C9H10BF3O3/c11-9(12,13)6-16-5-7-2-1-3-8(4-7)10(14)15/h1-4,14-15H,5-6H2. The van der Waals surface area contributed by atoms with Gasteiger partial charge in [-0.3, -0.25) is 0 Å². The van der Waals surface area contributed by atoms with Crippen LogP contribution in [0.15, 0.2) is 24.3 Å². The molecule has 0 radical (unpaired) electrons. The van der Waals surface area contributed by atoms with Gasteiger partial charge in [-0.15, -0.1) is 0 Å². The zero-order chi connectivity index (χ0) is 12.2. The first-order valence-electron chi connectivity index (χ1n) is 4.48. The van der Waals surface area contributed by atoms with E-state index in [1.165, 1.54) is 18.2 Å². The van der Waals surface area contributed by atoms with E-state index in [2.05, 4.69) is 4.74 Å². The second kappa shape index (κ2) is 5.33. The number of rotatable bonds is 4. The van der Waals surface area contributed by atoms with Gasteiger partial charge in [-0.25, -0.2) is 0 Å². The molecule has 0 saturated carbocycles. The van der Waals surface area contributed by atoms with E-state index in [4.69, 9.17) is 10.0 Å². The van der Waals surface area contributed by atoms with Gasteiger partial charge >= 0.3 is 13.3 Å². The first-order chi connectivity index (χ1) is 7.38. The van der Waals surface area contributed by atoms with Crippen LogP contribution in [0.1, 0.15) is 5.56 Å². The van der Waals surface area contributed by atoms with Crippen molar-refractivity contribution in [2.75, 3.05) is 6.61 Å². The smallest absolute Gasteiger partial charge is 0.423 e. The first kappa shape index (κ1) is 13.0. The average molecular weight is 234 g/mol. The molecule has 0 bridgehead atoms.